The van der Waals surface area contributed by atoms with Crippen molar-refractivity contribution in [2.45, 2.75) is 19.4 Å². The summed E-state index contributed by atoms with van der Waals surface area (Å²) in [5.74, 6) is 0.144. The molecule has 0 radical (unpaired) electrons. The molecular weight excluding hydrogens is 338 g/mol. The molecule has 5 heteroatoms. The molecule has 2 unspecified atom stereocenters. The average Bonchev–Trinajstić information content (AvgIpc) is 3.19. The Kier molecular flexibility index (Phi) is 4.60. The Morgan fingerprint density at radius 1 is 1.07 bits per heavy atom. The van der Waals surface area contributed by atoms with Gasteiger partial charge in [0.05, 0.1) is 12.1 Å². The molecule has 1 aliphatic heterocycles. The molecule has 2 heterocycles. The van der Waals surface area contributed by atoms with E-state index in [-0.39, 0.29) is 5.92 Å². The molecule has 1 aliphatic rings. The fourth-order valence-electron chi connectivity index (χ4n) is 3.40. The van der Waals surface area contributed by atoms with E-state index in [1.165, 1.54) is 0 Å². The Bertz CT molecular complexity index is 988. The molecule has 3 aromatic rings. The normalized spacial score (nSPS) is 17.9. The molecule has 136 valence electrons. The third-order valence-electron chi connectivity index (χ3n) is 4.93. The summed E-state index contributed by atoms with van der Waals surface area (Å²) in [5, 5.41) is 26.4. The molecule has 27 heavy (non-hydrogen) atoms. The van der Waals surface area contributed by atoms with Crippen LogP contribution in [0.25, 0.3) is 5.69 Å². The van der Waals surface area contributed by atoms with Crippen LogP contribution in [0.15, 0.2) is 78.2 Å². The van der Waals surface area contributed by atoms with Crippen LogP contribution < -0.4 is 0 Å². The quantitative estimate of drug-likeness (QED) is 0.567. The third-order valence-corrected chi connectivity index (χ3v) is 4.93. The van der Waals surface area contributed by atoms with Crippen molar-refractivity contribution in [1.29, 1.82) is 0 Å². The first-order valence-corrected chi connectivity index (χ1v) is 9.02. The lowest BCUT2D eigenvalue weighted by Crippen LogP contribution is -2.25. The summed E-state index contributed by atoms with van der Waals surface area (Å²) in [6, 6.07) is 19.3. The van der Waals surface area contributed by atoms with E-state index in [2.05, 4.69) is 5.10 Å². The number of aromatic nitrogens is 1. The minimum absolute atomic E-state index is 0.144. The molecule has 1 aromatic heterocycles. The SMILES string of the molecule is CC1CC=N[N+]([O-])=C1c1ccc(-n2ccc(C(O)c3ccccc3)c2)cc1. The molecular formula is C22H21N3O2. The largest absolute Gasteiger partial charge is 0.594 e. The van der Waals surface area contributed by atoms with Crippen molar-refractivity contribution in [2.75, 3.05) is 0 Å². The predicted molar refractivity (Wildman–Crippen MR) is 106 cm³/mol. The molecule has 2 aromatic carbocycles. The summed E-state index contributed by atoms with van der Waals surface area (Å²) >= 11 is 0. The maximum absolute atomic E-state index is 12.0. The van der Waals surface area contributed by atoms with Gasteiger partial charge in [-0.3, -0.25) is 0 Å². The first kappa shape index (κ1) is 17.2. The van der Waals surface area contributed by atoms with Gasteiger partial charge in [-0.05, 0) is 35.9 Å². The van der Waals surface area contributed by atoms with Crippen LogP contribution in [0.2, 0.25) is 0 Å². The lowest BCUT2D eigenvalue weighted by atomic mass is 9.95. The third kappa shape index (κ3) is 3.41. The van der Waals surface area contributed by atoms with Gasteiger partial charge in [0.2, 0.25) is 5.71 Å². The fourth-order valence-corrected chi connectivity index (χ4v) is 3.40. The molecule has 5 nitrogen and oxygen atoms in total. The van der Waals surface area contributed by atoms with Gasteiger partial charge >= 0.3 is 0 Å². The van der Waals surface area contributed by atoms with Gasteiger partial charge in [-0.25, -0.2) is 0 Å². The molecule has 4 rings (SSSR count). The van der Waals surface area contributed by atoms with E-state index >= 15 is 0 Å². The van der Waals surface area contributed by atoms with Gasteiger partial charge in [0.25, 0.3) is 0 Å². The number of aliphatic hydroxyl groups excluding tert-OH is 1. The molecule has 0 aliphatic carbocycles. The van der Waals surface area contributed by atoms with Crippen molar-refractivity contribution in [1.82, 2.24) is 4.57 Å². The summed E-state index contributed by atoms with van der Waals surface area (Å²) in [4.78, 5) is 0.715. The number of nitrogens with zero attached hydrogens (tertiary/aromatic N) is 3. The number of rotatable bonds is 4. The minimum atomic E-state index is -0.655. The van der Waals surface area contributed by atoms with Crippen LogP contribution in [0.4, 0.5) is 0 Å². The fraction of sp³-hybridized carbons (Fsp3) is 0.182. The summed E-state index contributed by atoms with van der Waals surface area (Å²) < 4.78 is 1.97. The Labute approximate surface area is 158 Å². The molecule has 0 fully saturated rings. The Balaban J connectivity index is 1.59. The van der Waals surface area contributed by atoms with Crippen molar-refractivity contribution in [2.24, 2.45) is 11.0 Å². The zero-order chi connectivity index (χ0) is 18.8. The maximum Gasteiger partial charge on any atom is 0.232 e. The van der Waals surface area contributed by atoms with Crippen LogP contribution in [0, 0.1) is 11.1 Å². The first-order valence-electron chi connectivity index (χ1n) is 9.02. The van der Waals surface area contributed by atoms with Gasteiger partial charge in [-0.2, -0.15) is 0 Å². The van der Waals surface area contributed by atoms with Crippen LogP contribution in [0.5, 0.6) is 0 Å². The van der Waals surface area contributed by atoms with Crippen molar-refractivity contribution in [3.63, 3.8) is 0 Å². The van der Waals surface area contributed by atoms with Crippen molar-refractivity contribution in [3.05, 3.63) is 95.0 Å². The van der Waals surface area contributed by atoms with E-state index in [1.807, 2.05) is 84.5 Å². The second-order valence-corrected chi connectivity index (χ2v) is 6.81. The van der Waals surface area contributed by atoms with Crippen molar-refractivity contribution >= 4 is 11.9 Å². The van der Waals surface area contributed by atoms with E-state index in [4.69, 9.17) is 0 Å². The van der Waals surface area contributed by atoms with E-state index < -0.39 is 6.10 Å². The highest BCUT2D eigenvalue weighted by Gasteiger charge is 2.24. The standard InChI is InChI=1S/C22H21N3O2/c1-16-11-13-23-25(27)21(16)17-7-9-20(10-8-17)24-14-12-19(15-24)22(26)18-5-3-2-4-6-18/h2-10,12-16,22,26H,11H2,1H3. The summed E-state index contributed by atoms with van der Waals surface area (Å²) in [6.45, 7) is 2.03. The number of aliphatic hydroxyl groups is 1. The van der Waals surface area contributed by atoms with Crippen LogP contribution in [0.1, 0.15) is 36.1 Å². The highest BCUT2D eigenvalue weighted by molar-refractivity contribution is 6.00. The van der Waals surface area contributed by atoms with E-state index in [0.717, 1.165) is 28.8 Å². The average molecular weight is 359 g/mol. The van der Waals surface area contributed by atoms with Gasteiger partial charge in [0.1, 0.15) is 6.10 Å². The molecule has 0 bridgehead atoms. The Morgan fingerprint density at radius 3 is 2.52 bits per heavy atom. The topological polar surface area (TPSA) is 63.6 Å². The van der Waals surface area contributed by atoms with Gasteiger partial charge in [0.15, 0.2) is 0 Å². The Hall–Kier alpha value is -3.18. The number of benzene rings is 2. The van der Waals surface area contributed by atoms with Crippen LogP contribution in [0.3, 0.4) is 0 Å². The molecule has 0 amide bonds. The molecule has 1 N–H and O–H groups in total. The maximum atomic E-state index is 12.0. The second-order valence-electron chi connectivity index (χ2n) is 6.81. The van der Waals surface area contributed by atoms with Crippen molar-refractivity contribution < 1.29 is 9.95 Å². The smallest absolute Gasteiger partial charge is 0.232 e. The minimum Gasteiger partial charge on any atom is -0.594 e. The van der Waals surface area contributed by atoms with Crippen LogP contribution >= 0.6 is 0 Å². The number of hydrogen-bond acceptors (Lipinski definition) is 3. The lowest BCUT2D eigenvalue weighted by Gasteiger charge is -2.15. The van der Waals surface area contributed by atoms with Crippen LogP contribution in [-0.2, 0) is 0 Å². The van der Waals surface area contributed by atoms with E-state index in [0.29, 0.717) is 10.6 Å². The summed E-state index contributed by atoms with van der Waals surface area (Å²) in [7, 11) is 0. The van der Waals surface area contributed by atoms with Gasteiger partial charge in [0, 0.05) is 40.7 Å². The van der Waals surface area contributed by atoms with Gasteiger partial charge in [-0.1, -0.05) is 42.1 Å². The van der Waals surface area contributed by atoms with Gasteiger partial charge in [-0.15, -0.1) is 0 Å². The molecule has 0 saturated carbocycles. The first-order chi connectivity index (χ1) is 13.1. The lowest BCUT2D eigenvalue weighted by molar-refractivity contribution is -0.466. The monoisotopic (exact) mass is 359 g/mol. The number of hydrazone groups is 1. The molecule has 0 spiro atoms. The zero-order valence-electron chi connectivity index (χ0n) is 15.1. The summed E-state index contributed by atoms with van der Waals surface area (Å²) in [6.07, 6.45) is 5.63. The van der Waals surface area contributed by atoms with Crippen molar-refractivity contribution in [3.8, 4) is 5.69 Å². The van der Waals surface area contributed by atoms with E-state index in [1.54, 1.807) is 6.21 Å². The van der Waals surface area contributed by atoms with Crippen LogP contribution in [-0.4, -0.2) is 26.4 Å². The molecule has 0 saturated heterocycles. The predicted octanol–water partition coefficient (Wildman–Crippen LogP) is 3.88. The molecule has 2 atom stereocenters. The zero-order valence-corrected chi connectivity index (χ0v) is 15.1. The number of hydrogen-bond donors (Lipinski definition) is 1. The van der Waals surface area contributed by atoms with E-state index in [9.17, 15) is 10.3 Å². The Morgan fingerprint density at radius 2 is 1.81 bits per heavy atom. The summed E-state index contributed by atoms with van der Waals surface area (Å²) in [5.41, 5.74) is 4.24. The highest BCUT2D eigenvalue weighted by Crippen LogP contribution is 2.24. The highest BCUT2D eigenvalue weighted by atomic mass is 16.5. The second kappa shape index (κ2) is 7.21. The van der Waals surface area contributed by atoms with Gasteiger partial charge < -0.3 is 14.9 Å².